The Balaban J connectivity index is 2.45. The molecule has 0 radical (unpaired) electrons. The van der Waals surface area contributed by atoms with Crippen molar-refractivity contribution >= 4 is 0 Å². The average Bonchev–Trinajstić information content (AvgIpc) is 2.24. The van der Waals surface area contributed by atoms with E-state index in [4.69, 9.17) is 0 Å². The fraction of sp³-hybridized carbons (Fsp3) is 0.583. The van der Waals surface area contributed by atoms with Crippen molar-refractivity contribution in [2.24, 2.45) is 5.92 Å². The van der Waals surface area contributed by atoms with Crippen LogP contribution in [0.2, 0.25) is 0 Å². The van der Waals surface area contributed by atoms with Crippen LogP contribution in [-0.2, 0) is 12.8 Å². The Morgan fingerprint density at radius 2 is 1.94 bits per heavy atom. The largest absolute Gasteiger partial charge is 0.392 e. The molecule has 0 spiro atoms. The standard InChI is InChI=1S/C12H14F3NO/c1-6-7(2)16-10-4-3-8(12(13,14)15)5-9(10)11(6)17/h8H,3-5H2,1-2H3,(H,16,17). The molecule has 17 heavy (non-hydrogen) atoms. The Hall–Kier alpha value is -1.26. The van der Waals surface area contributed by atoms with E-state index in [2.05, 4.69) is 4.98 Å². The van der Waals surface area contributed by atoms with Crippen LogP contribution in [0.25, 0.3) is 0 Å². The lowest BCUT2D eigenvalue weighted by Gasteiger charge is -2.26. The van der Waals surface area contributed by atoms with Crippen molar-refractivity contribution in [3.05, 3.63) is 32.7 Å². The molecule has 1 aliphatic carbocycles. The zero-order valence-electron chi connectivity index (χ0n) is 9.74. The molecular weight excluding hydrogens is 231 g/mol. The first-order chi connectivity index (χ1) is 7.80. The number of rotatable bonds is 0. The molecule has 0 aliphatic heterocycles. The molecule has 2 nitrogen and oxygen atoms in total. The lowest BCUT2D eigenvalue weighted by molar-refractivity contribution is -0.177. The van der Waals surface area contributed by atoms with Gasteiger partial charge in [-0.05, 0) is 33.1 Å². The van der Waals surface area contributed by atoms with Crippen molar-refractivity contribution in [3.63, 3.8) is 0 Å². The molecule has 1 heterocycles. The number of hydrogen-bond acceptors (Lipinski definition) is 1. The quantitative estimate of drug-likeness (QED) is 0.749. The summed E-state index contributed by atoms with van der Waals surface area (Å²) in [6.07, 6.45) is -4.02. The van der Waals surface area contributed by atoms with E-state index in [1.807, 2.05) is 0 Å². The fourth-order valence-electron chi connectivity index (χ4n) is 2.30. The Kier molecular flexibility index (Phi) is 2.79. The fourth-order valence-corrected chi connectivity index (χ4v) is 2.30. The number of fused-ring (bicyclic) bond motifs is 1. The van der Waals surface area contributed by atoms with Crippen LogP contribution in [-0.4, -0.2) is 11.2 Å². The number of hydrogen-bond donors (Lipinski definition) is 1. The maximum atomic E-state index is 12.6. The highest BCUT2D eigenvalue weighted by Crippen LogP contribution is 2.35. The molecule has 0 saturated carbocycles. The second-order valence-electron chi connectivity index (χ2n) is 4.64. The Bertz CT molecular complexity index is 502. The highest BCUT2D eigenvalue weighted by molar-refractivity contribution is 5.31. The van der Waals surface area contributed by atoms with Crippen LogP contribution in [0, 0.1) is 19.8 Å². The van der Waals surface area contributed by atoms with Gasteiger partial charge in [0.1, 0.15) is 0 Å². The molecule has 0 aromatic carbocycles. The summed E-state index contributed by atoms with van der Waals surface area (Å²) in [5, 5.41) is 0. The summed E-state index contributed by atoms with van der Waals surface area (Å²) < 4.78 is 37.9. The van der Waals surface area contributed by atoms with Crippen LogP contribution in [0.3, 0.4) is 0 Å². The lowest BCUT2D eigenvalue weighted by atomic mass is 9.85. The number of pyridine rings is 1. The van der Waals surface area contributed by atoms with Gasteiger partial charge in [-0.15, -0.1) is 0 Å². The van der Waals surface area contributed by atoms with E-state index in [1.54, 1.807) is 13.8 Å². The van der Waals surface area contributed by atoms with Gasteiger partial charge >= 0.3 is 6.18 Å². The van der Waals surface area contributed by atoms with E-state index < -0.39 is 12.1 Å². The molecule has 5 heteroatoms. The van der Waals surface area contributed by atoms with E-state index in [-0.39, 0.29) is 18.3 Å². The molecule has 1 unspecified atom stereocenters. The second-order valence-corrected chi connectivity index (χ2v) is 4.64. The first-order valence-corrected chi connectivity index (χ1v) is 5.58. The summed E-state index contributed by atoms with van der Waals surface area (Å²) in [5.74, 6) is -1.38. The summed E-state index contributed by atoms with van der Waals surface area (Å²) in [5.41, 5.74) is 2.04. The van der Waals surface area contributed by atoms with Crippen molar-refractivity contribution < 1.29 is 13.2 Å². The van der Waals surface area contributed by atoms with Crippen LogP contribution in [0.1, 0.15) is 28.9 Å². The smallest absolute Gasteiger partial charge is 0.362 e. The number of aromatic nitrogens is 1. The molecule has 0 saturated heterocycles. The van der Waals surface area contributed by atoms with Gasteiger partial charge in [-0.2, -0.15) is 13.2 Å². The lowest BCUT2D eigenvalue weighted by Crippen LogP contribution is -2.33. The summed E-state index contributed by atoms with van der Waals surface area (Å²) in [6.45, 7) is 3.42. The van der Waals surface area contributed by atoms with Gasteiger partial charge in [-0.1, -0.05) is 0 Å². The highest BCUT2D eigenvalue weighted by Gasteiger charge is 2.42. The molecule has 0 fully saturated rings. The molecule has 1 atom stereocenters. The zero-order chi connectivity index (χ0) is 12.8. The first kappa shape index (κ1) is 12.2. The molecule has 1 N–H and O–H groups in total. The van der Waals surface area contributed by atoms with E-state index >= 15 is 0 Å². The van der Waals surface area contributed by atoms with E-state index in [0.29, 0.717) is 23.2 Å². The van der Waals surface area contributed by atoms with Crippen molar-refractivity contribution in [1.82, 2.24) is 4.98 Å². The molecule has 1 aromatic rings. The SMILES string of the molecule is Cc1[nH]c2c(c(=O)c1C)CC(C(F)(F)F)CC2. The van der Waals surface area contributed by atoms with Gasteiger partial charge in [0.2, 0.25) is 0 Å². The van der Waals surface area contributed by atoms with Gasteiger partial charge in [-0.25, -0.2) is 0 Å². The number of halogens is 3. The van der Waals surface area contributed by atoms with Gasteiger partial charge in [0.25, 0.3) is 0 Å². The number of aryl methyl sites for hydroxylation is 2. The summed E-state index contributed by atoms with van der Waals surface area (Å²) in [4.78, 5) is 15.0. The molecule has 2 rings (SSSR count). The van der Waals surface area contributed by atoms with Crippen molar-refractivity contribution in [3.8, 4) is 0 Å². The maximum absolute atomic E-state index is 12.6. The molecule has 0 bridgehead atoms. The third kappa shape index (κ3) is 2.10. The van der Waals surface area contributed by atoms with Gasteiger partial charge in [-0.3, -0.25) is 4.79 Å². The van der Waals surface area contributed by atoms with Crippen LogP contribution < -0.4 is 5.43 Å². The zero-order valence-corrected chi connectivity index (χ0v) is 9.74. The van der Waals surface area contributed by atoms with E-state index in [9.17, 15) is 18.0 Å². The Morgan fingerprint density at radius 1 is 1.29 bits per heavy atom. The number of H-pyrrole nitrogens is 1. The molecule has 1 aromatic heterocycles. The van der Waals surface area contributed by atoms with Crippen molar-refractivity contribution in [2.45, 2.75) is 39.3 Å². The summed E-state index contributed by atoms with van der Waals surface area (Å²) in [7, 11) is 0. The molecule has 94 valence electrons. The monoisotopic (exact) mass is 245 g/mol. The van der Waals surface area contributed by atoms with Gasteiger partial charge in [0.05, 0.1) is 5.92 Å². The number of nitrogens with one attached hydrogen (secondary N) is 1. The second kappa shape index (κ2) is 3.89. The average molecular weight is 245 g/mol. The minimum atomic E-state index is -4.21. The first-order valence-electron chi connectivity index (χ1n) is 5.58. The van der Waals surface area contributed by atoms with Gasteiger partial charge in [0, 0.05) is 22.5 Å². The van der Waals surface area contributed by atoms with Crippen LogP contribution >= 0.6 is 0 Å². The van der Waals surface area contributed by atoms with Gasteiger partial charge in [0.15, 0.2) is 5.43 Å². The van der Waals surface area contributed by atoms with E-state index in [0.717, 1.165) is 5.69 Å². The Morgan fingerprint density at radius 3 is 2.53 bits per heavy atom. The number of alkyl halides is 3. The molecule has 1 aliphatic rings. The maximum Gasteiger partial charge on any atom is 0.392 e. The Labute approximate surface area is 96.9 Å². The van der Waals surface area contributed by atoms with Crippen LogP contribution in [0.15, 0.2) is 4.79 Å². The highest BCUT2D eigenvalue weighted by atomic mass is 19.4. The van der Waals surface area contributed by atoms with Crippen molar-refractivity contribution in [1.29, 1.82) is 0 Å². The minimum absolute atomic E-state index is 0.0644. The van der Waals surface area contributed by atoms with Crippen LogP contribution in [0.4, 0.5) is 13.2 Å². The third-order valence-electron chi connectivity index (χ3n) is 3.54. The van der Waals surface area contributed by atoms with Gasteiger partial charge < -0.3 is 4.98 Å². The predicted molar refractivity (Wildman–Crippen MR) is 58.1 cm³/mol. The summed E-state index contributed by atoms with van der Waals surface area (Å²) >= 11 is 0. The van der Waals surface area contributed by atoms with Crippen molar-refractivity contribution in [2.75, 3.05) is 0 Å². The topological polar surface area (TPSA) is 32.9 Å². The minimum Gasteiger partial charge on any atom is -0.362 e. The molecule has 0 amide bonds. The van der Waals surface area contributed by atoms with E-state index in [1.165, 1.54) is 0 Å². The van der Waals surface area contributed by atoms with Crippen LogP contribution in [0.5, 0.6) is 0 Å². The normalized spacial score (nSPS) is 20.2. The predicted octanol–water partition coefficient (Wildman–Crippen LogP) is 2.66. The molecular formula is C12H14F3NO. The number of aromatic amines is 1. The summed E-state index contributed by atoms with van der Waals surface area (Å²) in [6, 6.07) is 0. The third-order valence-corrected chi connectivity index (χ3v) is 3.54.